The Morgan fingerprint density at radius 1 is 1.22 bits per heavy atom. The Kier molecular flexibility index (Phi) is 6.66. The number of anilines is 1. The van der Waals surface area contributed by atoms with Crippen LogP contribution in [0.5, 0.6) is 0 Å². The molecule has 2 aliphatic rings. The number of nitrogens with two attached hydrogens (primary N) is 1. The van der Waals surface area contributed by atoms with Gasteiger partial charge in [-0.1, -0.05) is 23.4 Å². The van der Waals surface area contributed by atoms with Crippen molar-refractivity contribution in [3.63, 3.8) is 0 Å². The van der Waals surface area contributed by atoms with Gasteiger partial charge in [0.25, 0.3) is 5.56 Å². The summed E-state index contributed by atoms with van der Waals surface area (Å²) in [5.41, 5.74) is 10.2. The topological polar surface area (TPSA) is 112 Å². The Labute approximate surface area is 227 Å². The molecule has 0 radical (unpaired) electrons. The third kappa shape index (κ3) is 4.42. The summed E-state index contributed by atoms with van der Waals surface area (Å²) in [6, 6.07) is 3.74. The van der Waals surface area contributed by atoms with Gasteiger partial charge < -0.3 is 15.4 Å². The zero-order valence-corrected chi connectivity index (χ0v) is 22.7. The van der Waals surface area contributed by atoms with E-state index in [1.54, 1.807) is 30.7 Å². The molecule has 192 valence electrons. The van der Waals surface area contributed by atoms with E-state index in [0.29, 0.717) is 34.1 Å². The van der Waals surface area contributed by atoms with Crippen molar-refractivity contribution in [3.05, 3.63) is 62.3 Å². The lowest BCUT2D eigenvalue weighted by Gasteiger charge is -2.42. The summed E-state index contributed by atoms with van der Waals surface area (Å²) in [7, 11) is 1.59. The first kappa shape index (κ1) is 24.7. The van der Waals surface area contributed by atoms with Crippen LogP contribution in [0.4, 0.5) is 5.82 Å². The van der Waals surface area contributed by atoms with Crippen LogP contribution in [-0.4, -0.2) is 51.3 Å². The van der Waals surface area contributed by atoms with Crippen LogP contribution in [0, 0.1) is 5.41 Å². The summed E-state index contributed by atoms with van der Waals surface area (Å²) in [4.78, 5) is 35.5. The van der Waals surface area contributed by atoms with Gasteiger partial charge in [-0.3, -0.25) is 9.36 Å². The van der Waals surface area contributed by atoms with Crippen LogP contribution in [0.25, 0.3) is 10.9 Å². The molecule has 1 atom stereocenters. The van der Waals surface area contributed by atoms with E-state index in [1.807, 2.05) is 17.8 Å². The molecule has 1 fully saturated rings. The SMILES string of the molecule is COCCn1cnc2ccc(Sc3cnc(N4CCC5(CC4)Cc4ncsc4[C@H]5N)cn3)c(Cl)c2c1=O. The Balaban J connectivity index is 1.16. The van der Waals surface area contributed by atoms with Gasteiger partial charge in [-0.25, -0.2) is 19.9 Å². The molecule has 9 nitrogen and oxygen atoms in total. The van der Waals surface area contributed by atoms with Crippen molar-refractivity contribution in [2.24, 2.45) is 11.1 Å². The highest BCUT2D eigenvalue weighted by molar-refractivity contribution is 7.99. The van der Waals surface area contributed by atoms with E-state index in [-0.39, 0.29) is 17.0 Å². The molecule has 0 saturated carbocycles. The maximum Gasteiger partial charge on any atom is 0.262 e. The fourth-order valence-corrected chi connectivity index (χ4v) is 7.38. The molecule has 2 N–H and O–H groups in total. The molecule has 1 aliphatic heterocycles. The highest BCUT2D eigenvalue weighted by Crippen LogP contribution is 2.51. The quantitative estimate of drug-likeness (QED) is 0.378. The van der Waals surface area contributed by atoms with Crippen LogP contribution in [0.1, 0.15) is 29.5 Å². The van der Waals surface area contributed by atoms with E-state index in [2.05, 4.69) is 24.8 Å². The zero-order chi connectivity index (χ0) is 25.6. The van der Waals surface area contributed by atoms with E-state index in [9.17, 15) is 4.79 Å². The van der Waals surface area contributed by atoms with Crippen LogP contribution < -0.4 is 16.2 Å². The Morgan fingerprint density at radius 3 is 2.78 bits per heavy atom. The van der Waals surface area contributed by atoms with Crippen molar-refractivity contribution in [1.82, 2.24) is 24.5 Å². The van der Waals surface area contributed by atoms with Gasteiger partial charge in [-0.2, -0.15) is 0 Å². The molecule has 12 heteroatoms. The molecule has 1 aliphatic carbocycles. The molecule has 1 saturated heterocycles. The lowest BCUT2D eigenvalue weighted by Crippen LogP contribution is -2.44. The maximum absolute atomic E-state index is 13.0. The summed E-state index contributed by atoms with van der Waals surface area (Å²) in [6.07, 6.45) is 8.09. The summed E-state index contributed by atoms with van der Waals surface area (Å²) in [5, 5.41) is 1.47. The third-order valence-corrected chi connectivity index (χ3v) is 9.92. The van der Waals surface area contributed by atoms with Gasteiger partial charge in [0.15, 0.2) is 0 Å². The number of halogens is 1. The predicted octanol–water partition coefficient (Wildman–Crippen LogP) is 3.94. The standard InChI is InChI=1S/C25H26ClN7O2S2/c1-35-9-8-33-13-30-15-2-3-17(21(26)20(15)24(33)34)37-19-12-28-18(11-29-19)32-6-4-25(5-7-32)10-16-22(23(25)27)36-14-31-16/h2-3,11-14,23H,4-10,27H2,1H3/t23-/m1/s1. The molecule has 37 heavy (non-hydrogen) atoms. The van der Waals surface area contributed by atoms with E-state index in [4.69, 9.17) is 22.1 Å². The Hall–Kier alpha value is -2.57. The van der Waals surface area contributed by atoms with E-state index < -0.39 is 0 Å². The number of benzene rings is 1. The Morgan fingerprint density at radius 2 is 2.05 bits per heavy atom. The maximum atomic E-state index is 13.0. The van der Waals surface area contributed by atoms with Crippen LogP contribution >= 0.6 is 34.7 Å². The lowest BCUT2D eigenvalue weighted by molar-refractivity contribution is 0.186. The van der Waals surface area contributed by atoms with Crippen molar-refractivity contribution in [3.8, 4) is 0 Å². The van der Waals surface area contributed by atoms with Crippen molar-refractivity contribution in [1.29, 1.82) is 0 Å². The molecule has 1 spiro atoms. The lowest BCUT2D eigenvalue weighted by atomic mass is 9.74. The molecule has 6 rings (SSSR count). The number of aromatic nitrogens is 5. The predicted molar refractivity (Wildman–Crippen MR) is 146 cm³/mol. The highest BCUT2D eigenvalue weighted by atomic mass is 35.5. The molecule has 0 unspecified atom stereocenters. The van der Waals surface area contributed by atoms with Gasteiger partial charge in [-0.15, -0.1) is 11.3 Å². The number of piperidine rings is 1. The van der Waals surface area contributed by atoms with Crippen LogP contribution in [0.15, 0.2) is 51.1 Å². The van der Waals surface area contributed by atoms with Crippen molar-refractivity contribution in [2.75, 3.05) is 31.7 Å². The minimum absolute atomic E-state index is 0.0769. The number of fused-ring (bicyclic) bond motifs is 2. The van der Waals surface area contributed by atoms with E-state index in [0.717, 1.165) is 43.1 Å². The minimum Gasteiger partial charge on any atom is -0.383 e. The van der Waals surface area contributed by atoms with Gasteiger partial charge in [0.1, 0.15) is 10.8 Å². The highest BCUT2D eigenvalue weighted by Gasteiger charge is 2.47. The summed E-state index contributed by atoms with van der Waals surface area (Å²) in [6.45, 7) is 2.61. The molecule has 4 heterocycles. The second-order valence-corrected chi connectivity index (χ2v) is 11.8. The number of thiazole rings is 1. The number of methoxy groups -OCH3 is 1. The molecule has 3 aromatic heterocycles. The van der Waals surface area contributed by atoms with Gasteiger partial charge in [0.05, 0.1) is 59.0 Å². The largest absolute Gasteiger partial charge is 0.383 e. The molecular formula is C25H26ClN7O2S2. The monoisotopic (exact) mass is 555 g/mol. The zero-order valence-electron chi connectivity index (χ0n) is 20.3. The first-order chi connectivity index (χ1) is 18.0. The normalized spacial score (nSPS) is 18.6. The number of rotatable bonds is 6. The van der Waals surface area contributed by atoms with Crippen molar-refractivity contribution in [2.45, 2.75) is 41.8 Å². The first-order valence-electron chi connectivity index (χ1n) is 12.1. The Bertz CT molecular complexity index is 1500. The van der Waals surface area contributed by atoms with Crippen molar-refractivity contribution < 1.29 is 4.74 Å². The molecule has 4 aromatic rings. The third-order valence-electron chi connectivity index (χ3n) is 7.48. The average Bonchev–Trinajstić information content (AvgIpc) is 3.47. The molecular weight excluding hydrogens is 530 g/mol. The van der Waals surface area contributed by atoms with Crippen LogP contribution in [0.2, 0.25) is 5.02 Å². The minimum atomic E-state index is -0.188. The summed E-state index contributed by atoms with van der Waals surface area (Å²) >= 11 is 9.74. The second kappa shape index (κ2) is 9.95. The van der Waals surface area contributed by atoms with Gasteiger partial charge in [0, 0.05) is 36.0 Å². The first-order valence-corrected chi connectivity index (χ1v) is 14.2. The van der Waals surface area contributed by atoms with Gasteiger partial charge in [-0.05, 0) is 36.8 Å². The summed E-state index contributed by atoms with van der Waals surface area (Å²) < 4.78 is 6.60. The molecule has 0 amide bonds. The number of hydrogen-bond donors (Lipinski definition) is 1. The molecule has 1 aromatic carbocycles. The number of hydrogen-bond acceptors (Lipinski definition) is 10. The fourth-order valence-electron chi connectivity index (χ4n) is 5.31. The van der Waals surface area contributed by atoms with E-state index >= 15 is 0 Å². The number of ether oxygens (including phenoxy) is 1. The smallest absolute Gasteiger partial charge is 0.262 e. The fraction of sp³-hybridized carbons (Fsp3) is 0.400. The van der Waals surface area contributed by atoms with Gasteiger partial charge >= 0.3 is 0 Å². The number of nitrogens with zero attached hydrogens (tertiary/aromatic N) is 6. The van der Waals surface area contributed by atoms with Crippen molar-refractivity contribution >= 4 is 51.4 Å². The van der Waals surface area contributed by atoms with E-state index in [1.165, 1.54) is 33.2 Å². The second-order valence-electron chi connectivity index (χ2n) is 9.49. The molecule has 0 bridgehead atoms. The van der Waals surface area contributed by atoms with Crippen LogP contribution in [0.3, 0.4) is 0 Å². The van der Waals surface area contributed by atoms with Crippen LogP contribution in [-0.2, 0) is 17.7 Å². The average molecular weight is 556 g/mol. The summed E-state index contributed by atoms with van der Waals surface area (Å²) in [5.74, 6) is 0.855. The van der Waals surface area contributed by atoms with Gasteiger partial charge in [0.2, 0.25) is 0 Å².